The fourth-order valence-corrected chi connectivity index (χ4v) is 1.50. The van der Waals surface area contributed by atoms with Crippen molar-refractivity contribution in [1.82, 2.24) is 9.78 Å². The van der Waals surface area contributed by atoms with Crippen LogP contribution in [0.3, 0.4) is 0 Å². The number of hydrogen-bond acceptors (Lipinski definition) is 3. The number of carbonyl (C=O) groups is 1. The molecule has 1 aromatic heterocycles. The van der Waals surface area contributed by atoms with E-state index in [0.29, 0.717) is 18.7 Å². The predicted molar refractivity (Wildman–Crippen MR) is 61.0 cm³/mol. The zero-order valence-corrected chi connectivity index (χ0v) is 9.72. The molecule has 2 aromatic rings. The number of hydrogen-bond donors (Lipinski definition) is 1. The first-order valence-electron chi connectivity index (χ1n) is 5.40. The molecule has 0 spiro atoms. The molecule has 19 heavy (non-hydrogen) atoms. The highest BCUT2D eigenvalue weighted by molar-refractivity contribution is 5.87. The number of nitrogens with zero attached hydrogens (tertiary/aromatic N) is 2. The fraction of sp³-hybridized carbons (Fsp3) is 0.167. The molecule has 0 bridgehead atoms. The maximum atomic E-state index is 13.5. The molecule has 0 fully saturated rings. The summed E-state index contributed by atoms with van der Waals surface area (Å²) in [6, 6.07) is 3.14. The van der Waals surface area contributed by atoms with Crippen molar-refractivity contribution in [2.45, 2.75) is 6.54 Å². The SMILES string of the molecule is O=C(O)c1cc(F)c(OCCn2cccn2)c(F)c1. The second-order valence-corrected chi connectivity index (χ2v) is 3.69. The van der Waals surface area contributed by atoms with Crippen molar-refractivity contribution in [3.05, 3.63) is 47.8 Å². The second kappa shape index (κ2) is 5.47. The molecule has 0 saturated heterocycles. The number of aromatic carboxylic acids is 1. The highest BCUT2D eigenvalue weighted by Gasteiger charge is 2.15. The van der Waals surface area contributed by atoms with Gasteiger partial charge in [-0.05, 0) is 18.2 Å². The Hall–Kier alpha value is -2.44. The molecule has 1 N–H and O–H groups in total. The van der Waals surface area contributed by atoms with E-state index < -0.39 is 28.9 Å². The number of halogens is 2. The topological polar surface area (TPSA) is 64.3 Å². The number of carboxylic acid groups (broad SMARTS) is 1. The lowest BCUT2D eigenvalue weighted by atomic mass is 10.2. The Morgan fingerprint density at radius 1 is 1.37 bits per heavy atom. The number of aromatic nitrogens is 2. The first kappa shape index (κ1) is 13.0. The van der Waals surface area contributed by atoms with Crippen LogP contribution >= 0.6 is 0 Å². The van der Waals surface area contributed by atoms with Gasteiger partial charge in [-0.25, -0.2) is 13.6 Å². The highest BCUT2D eigenvalue weighted by Crippen LogP contribution is 2.23. The molecule has 0 saturated carbocycles. The van der Waals surface area contributed by atoms with E-state index in [1.54, 1.807) is 23.1 Å². The fourth-order valence-electron chi connectivity index (χ4n) is 1.50. The molecule has 1 aromatic carbocycles. The Morgan fingerprint density at radius 3 is 2.58 bits per heavy atom. The van der Waals surface area contributed by atoms with Gasteiger partial charge in [0, 0.05) is 12.4 Å². The van der Waals surface area contributed by atoms with Gasteiger partial charge < -0.3 is 9.84 Å². The van der Waals surface area contributed by atoms with Crippen molar-refractivity contribution in [2.75, 3.05) is 6.61 Å². The van der Waals surface area contributed by atoms with Gasteiger partial charge in [-0.15, -0.1) is 0 Å². The van der Waals surface area contributed by atoms with Gasteiger partial charge in [0.2, 0.25) is 0 Å². The molecule has 7 heteroatoms. The lowest BCUT2D eigenvalue weighted by Gasteiger charge is -2.09. The summed E-state index contributed by atoms with van der Waals surface area (Å²) in [6.45, 7) is 0.342. The first-order valence-corrected chi connectivity index (χ1v) is 5.40. The van der Waals surface area contributed by atoms with Crippen LogP contribution in [-0.4, -0.2) is 27.5 Å². The van der Waals surface area contributed by atoms with Crippen LogP contribution in [-0.2, 0) is 6.54 Å². The molecular formula is C12H10F2N2O3. The lowest BCUT2D eigenvalue weighted by Crippen LogP contribution is -2.10. The Morgan fingerprint density at radius 2 is 2.05 bits per heavy atom. The van der Waals surface area contributed by atoms with Crippen molar-refractivity contribution >= 4 is 5.97 Å². The van der Waals surface area contributed by atoms with Crippen LogP contribution in [0, 0.1) is 11.6 Å². The molecule has 100 valence electrons. The molecule has 5 nitrogen and oxygen atoms in total. The van der Waals surface area contributed by atoms with Crippen molar-refractivity contribution in [3.63, 3.8) is 0 Å². The summed E-state index contributed by atoms with van der Waals surface area (Å²) < 4.78 is 33.5. The van der Waals surface area contributed by atoms with Crippen LogP contribution in [0.1, 0.15) is 10.4 Å². The molecule has 0 aliphatic heterocycles. The number of rotatable bonds is 5. The standard InChI is InChI=1S/C12H10F2N2O3/c13-9-6-8(12(17)18)7-10(14)11(9)19-5-4-16-3-1-2-15-16/h1-3,6-7H,4-5H2,(H,17,18). The second-order valence-electron chi connectivity index (χ2n) is 3.69. The summed E-state index contributed by atoms with van der Waals surface area (Å²) in [7, 11) is 0. The van der Waals surface area contributed by atoms with Crippen molar-refractivity contribution in [2.24, 2.45) is 0 Å². The largest absolute Gasteiger partial charge is 0.486 e. The minimum atomic E-state index is -1.40. The van der Waals surface area contributed by atoms with E-state index in [-0.39, 0.29) is 6.61 Å². The molecule has 0 aliphatic rings. The van der Waals surface area contributed by atoms with E-state index in [1.165, 1.54) is 0 Å². The van der Waals surface area contributed by atoms with E-state index in [0.717, 1.165) is 0 Å². The maximum absolute atomic E-state index is 13.5. The van der Waals surface area contributed by atoms with Gasteiger partial charge in [0.1, 0.15) is 6.61 Å². The molecule has 1 heterocycles. The Balaban J connectivity index is 2.06. The Bertz CT molecular complexity index is 562. The third-order valence-corrected chi connectivity index (χ3v) is 2.37. The maximum Gasteiger partial charge on any atom is 0.335 e. The van der Waals surface area contributed by atoms with Crippen molar-refractivity contribution in [3.8, 4) is 5.75 Å². The lowest BCUT2D eigenvalue weighted by molar-refractivity contribution is 0.0695. The molecule has 0 aliphatic carbocycles. The summed E-state index contributed by atoms with van der Waals surface area (Å²) in [5.74, 6) is -4.08. The van der Waals surface area contributed by atoms with Crippen LogP contribution < -0.4 is 4.74 Å². The average molecular weight is 268 g/mol. The van der Waals surface area contributed by atoms with E-state index in [4.69, 9.17) is 9.84 Å². The van der Waals surface area contributed by atoms with Gasteiger partial charge in [-0.2, -0.15) is 5.10 Å². The van der Waals surface area contributed by atoms with Gasteiger partial charge in [-0.3, -0.25) is 4.68 Å². The van der Waals surface area contributed by atoms with Gasteiger partial charge in [0.25, 0.3) is 0 Å². The number of benzene rings is 1. The van der Waals surface area contributed by atoms with E-state index in [2.05, 4.69) is 5.10 Å². The highest BCUT2D eigenvalue weighted by atomic mass is 19.1. The van der Waals surface area contributed by atoms with Crippen LogP contribution in [0.15, 0.2) is 30.6 Å². The first-order chi connectivity index (χ1) is 9.08. The molecule has 0 amide bonds. The zero-order valence-electron chi connectivity index (χ0n) is 9.72. The number of carboxylic acids is 1. The summed E-state index contributed by atoms with van der Waals surface area (Å²) in [5, 5.41) is 12.5. The normalized spacial score (nSPS) is 10.4. The van der Waals surface area contributed by atoms with Gasteiger partial charge in [0.05, 0.1) is 12.1 Å². The molecule has 0 radical (unpaired) electrons. The van der Waals surface area contributed by atoms with Gasteiger partial charge >= 0.3 is 5.97 Å². The van der Waals surface area contributed by atoms with Crippen LogP contribution in [0.5, 0.6) is 5.75 Å². The molecule has 0 unspecified atom stereocenters. The number of ether oxygens (including phenoxy) is 1. The minimum Gasteiger partial charge on any atom is -0.486 e. The van der Waals surface area contributed by atoms with Gasteiger partial charge in [-0.1, -0.05) is 0 Å². The summed E-state index contributed by atoms with van der Waals surface area (Å²) in [4.78, 5) is 10.6. The van der Waals surface area contributed by atoms with E-state index in [1.807, 2.05) is 0 Å². The smallest absolute Gasteiger partial charge is 0.335 e. The van der Waals surface area contributed by atoms with E-state index >= 15 is 0 Å². The molecule has 0 atom stereocenters. The van der Waals surface area contributed by atoms with Crippen LogP contribution in [0.2, 0.25) is 0 Å². The van der Waals surface area contributed by atoms with Gasteiger partial charge in [0.15, 0.2) is 17.4 Å². The quantitative estimate of drug-likeness (QED) is 0.900. The van der Waals surface area contributed by atoms with Crippen molar-refractivity contribution in [1.29, 1.82) is 0 Å². The Labute approximate surface area is 107 Å². The molecule has 2 rings (SSSR count). The summed E-state index contributed by atoms with van der Waals surface area (Å²) in [5.41, 5.74) is -0.463. The summed E-state index contributed by atoms with van der Waals surface area (Å²) >= 11 is 0. The zero-order chi connectivity index (χ0) is 13.8. The van der Waals surface area contributed by atoms with E-state index in [9.17, 15) is 13.6 Å². The van der Waals surface area contributed by atoms with Crippen LogP contribution in [0.4, 0.5) is 8.78 Å². The monoisotopic (exact) mass is 268 g/mol. The Kier molecular flexibility index (Phi) is 3.74. The minimum absolute atomic E-state index is 0.0158. The summed E-state index contributed by atoms with van der Waals surface area (Å²) in [6.07, 6.45) is 3.26. The molecular weight excluding hydrogens is 258 g/mol. The predicted octanol–water partition coefficient (Wildman–Crippen LogP) is 1.94. The van der Waals surface area contributed by atoms with Crippen molar-refractivity contribution < 1.29 is 23.4 Å². The third-order valence-electron chi connectivity index (χ3n) is 2.37. The average Bonchev–Trinajstić information content (AvgIpc) is 2.85. The third kappa shape index (κ3) is 3.06. The van der Waals surface area contributed by atoms with Crippen LogP contribution in [0.25, 0.3) is 0 Å².